The smallest absolute Gasteiger partial charge is 0.224 e. The van der Waals surface area contributed by atoms with Gasteiger partial charge in [0.15, 0.2) is 0 Å². The molecule has 1 aliphatic rings. The number of benzene rings is 2. The number of nitrogens with one attached hydrogen (secondary N) is 1. The van der Waals surface area contributed by atoms with E-state index >= 15 is 0 Å². The molecule has 114 valence electrons. The van der Waals surface area contributed by atoms with Crippen LogP contribution in [0.15, 0.2) is 48.5 Å². The summed E-state index contributed by atoms with van der Waals surface area (Å²) in [5.41, 5.74) is 3.39. The Morgan fingerprint density at radius 1 is 1.14 bits per heavy atom. The maximum absolute atomic E-state index is 12.0. The highest BCUT2D eigenvalue weighted by atomic mass is 35.5. The minimum atomic E-state index is -0.0319. The van der Waals surface area contributed by atoms with Gasteiger partial charge in [-0.2, -0.15) is 0 Å². The lowest BCUT2D eigenvalue weighted by Gasteiger charge is -2.25. The Morgan fingerprint density at radius 2 is 1.86 bits per heavy atom. The Labute approximate surface area is 135 Å². The Balaban J connectivity index is 1.51. The molecule has 1 aliphatic heterocycles. The number of rotatable bonds is 4. The average Bonchev–Trinajstić information content (AvgIpc) is 2.55. The van der Waals surface area contributed by atoms with E-state index in [0.717, 1.165) is 12.0 Å². The van der Waals surface area contributed by atoms with Crippen LogP contribution in [0.2, 0.25) is 5.02 Å². The van der Waals surface area contributed by atoms with Crippen molar-refractivity contribution in [3.63, 3.8) is 0 Å². The van der Waals surface area contributed by atoms with Crippen LogP contribution in [0, 0.1) is 0 Å². The van der Waals surface area contributed by atoms with Gasteiger partial charge < -0.3 is 10.1 Å². The van der Waals surface area contributed by atoms with Gasteiger partial charge in [0.1, 0.15) is 0 Å². The molecule has 1 atom stereocenters. The lowest BCUT2D eigenvalue weighted by Crippen LogP contribution is -2.37. The van der Waals surface area contributed by atoms with Gasteiger partial charge in [-0.1, -0.05) is 54.1 Å². The first kappa shape index (κ1) is 15.1. The van der Waals surface area contributed by atoms with Crippen LogP contribution >= 0.6 is 11.6 Å². The predicted octanol–water partition coefficient (Wildman–Crippen LogP) is 3.14. The maximum Gasteiger partial charge on any atom is 0.224 e. The van der Waals surface area contributed by atoms with Crippen molar-refractivity contribution >= 4 is 17.5 Å². The zero-order valence-corrected chi connectivity index (χ0v) is 13.0. The van der Waals surface area contributed by atoms with Crippen molar-refractivity contribution in [2.75, 3.05) is 6.54 Å². The third-order valence-corrected chi connectivity index (χ3v) is 4.24. The quantitative estimate of drug-likeness (QED) is 0.941. The molecule has 0 spiro atoms. The summed E-state index contributed by atoms with van der Waals surface area (Å²) in [5.74, 6) is -0.0319. The van der Waals surface area contributed by atoms with Crippen LogP contribution in [-0.2, 0) is 29.0 Å². The standard InChI is InChI=1S/C18H18ClNO2/c19-17-8-4-3-6-14(17)10-18(21)20-11-16-9-13-5-1-2-7-15(13)12-22-16/h1-8,16H,9-12H2,(H,20,21). The zero-order chi connectivity index (χ0) is 15.4. The second-order valence-corrected chi connectivity index (χ2v) is 5.89. The lowest BCUT2D eigenvalue weighted by molar-refractivity contribution is -0.121. The molecule has 1 unspecified atom stereocenters. The maximum atomic E-state index is 12.0. The van der Waals surface area contributed by atoms with E-state index in [2.05, 4.69) is 17.4 Å². The fraction of sp³-hybridized carbons (Fsp3) is 0.278. The van der Waals surface area contributed by atoms with E-state index in [0.29, 0.717) is 24.6 Å². The third kappa shape index (κ3) is 3.67. The molecule has 0 saturated heterocycles. The minimum absolute atomic E-state index is 0.0319. The van der Waals surface area contributed by atoms with Crippen LogP contribution in [0.5, 0.6) is 0 Å². The van der Waals surface area contributed by atoms with Crippen molar-refractivity contribution in [2.45, 2.75) is 25.6 Å². The Kier molecular flexibility index (Phi) is 4.76. The predicted molar refractivity (Wildman–Crippen MR) is 86.9 cm³/mol. The second kappa shape index (κ2) is 6.95. The van der Waals surface area contributed by atoms with Gasteiger partial charge in [-0.25, -0.2) is 0 Å². The van der Waals surface area contributed by atoms with E-state index in [1.54, 1.807) is 6.07 Å². The third-order valence-electron chi connectivity index (χ3n) is 3.88. The summed E-state index contributed by atoms with van der Waals surface area (Å²) in [6, 6.07) is 15.7. The van der Waals surface area contributed by atoms with Crippen LogP contribution in [0.4, 0.5) is 0 Å². The SMILES string of the molecule is O=C(Cc1ccccc1Cl)NCC1Cc2ccccc2CO1. The van der Waals surface area contributed by atoms with Crippen LogP contribution in [-0.4, -0.2) is 18.6 Å². The molecule has 2 aromatic carbocycles. The van der Waals surface area contributed by atoms with Crippen molar-refractivity contribution < 1.29 is 9.53 Å². The molecule has 2 aromatic rings. The molecule has 3 rings (SSSR count). The zero-order valence-electron chi connectivity index (χ0n) is 12.2. The van der Waals surface area contributed by atoms with Gasteiger partial charge >= 0.3 is 0 Å². The summed E-state index contributed by atoms with van der Waals surface area (Å²) in [5, 5.41) is 3.56. The summed E-state index contributed by atoms with van der Waals surface area (Å²) in [7, 11) is 0. The van der Waals surface area contributed by atoms with Crippen molar-refractivity contribution in [2.24, 2.45) is 0 Å². The van der Waals surface area contributed by atoms with E-state index in [1.165, 1.54) is 11.1 Å². The highest BCUT2D eigenvalue weighted by Gasteiger charge is 2.19. The van der Waals surface area contributed by atoms with Gasteiger partial charge in [0, 0.05) is 18.0 Å². The van der Waals surface area contributed by atoms with E-state index in [4.69, 9.17) is 16.3 Å². The number of hydrogen-bond acceptors (Lipinski definition) is 2. The van der Waals surface area contributed by atoms with Gasteiger partial charge in [0.05, 0.1) is 19.1 Å². The monoisotopic (exact) mass is 315 g/mol. The first-order chi connectivity index (χ1) is 10.7. The number of halogens is 1. The number of fused-ring (bicyclic) bond motifs is 1. The largest absolute Gasteiger partial charge is 0.371 e. The average molecular weight is 316 g/mol. The van der Waals surface area contributed by atoms with Gasteiger partial charge in [-0.15, -0.1) is 0 Å². The Bertz CT molecular complexity index is 672. The Morgan fingerprint density at radius 3 is 2.68 bits per heavy atom. The van der Waals surface area contributed by atoms with Crippen molar-refractivity contribution in [3.05, 3.63) is 70.2 Å². The van der Waals surface area contributed by atoms with Crippen molar-refractivity contribution in [1.82, 2.24) is 5.32 Å². The van der Waals surface area contributed by atoms with Gasteiger partial charge in [0.25, 0.3) is 0 Å². The van der Waals surface area contributed by atoms with Crippen LogP contribution in [0.3, 0.4) is 0 Å². The topological polar surface area (TPSA) is 38.3 Å². The molecule has 0 aliphatic carbocycles. The molecule has 1 amide bonds. The van der Waals surface area contributed by atoms with Crippen molar-refractivity contribution in [1.29, 1.82) is 0 Å². The van der Waals surface area contributed by atoms with Gasteiger partial charge in [-0.05, 0) is 22.8 Å². The molecule has 1 N–H and O–H groups in total. The summed E-state index contributed by atoms with van der Waals surface area (Å²) >= 11 is 6.07. The molecule has 0 fully saturated rings. The lowest BCUT2D eigenvalue weighted by atomic mass is 9.99. The van der Waals surface area contributed by atoms with Crippen LogP contribution in [0.25, 0.3) is 0 Å². The Hall–Kier alpha value is -1.84. The molecule has 0 radical (unpaired) electrons. The van der Waals surface area contributed by atoms with E-state index in [1.807, 2.05) is 30.3 Å². The highest BCUT2D eigenvalue weighted by molar-refractivity contribution is 6.31. The molecule has 3 nitrogen and oxygen atoms in total. The number of hydrogen-bond donors (Lipinski definition) is 1. The van der Waals surface area contributed by atoms with E-state index in [-0.39, 0.29) is 12.0 Å². The molecule has 0 bridgehead atoms. The molecule has 22 heavy (non-hydrogen) atoms. The van der Waals surface area contributed by atoms with E-state index < -0.39 is 0 Å². The number of carbonyl (C=O) groups is 1. The molecular weight excluding hydrogens is 298 g/mol. The van der Waals surface area contributed by atoms with E-state index in [9.17, 15) is 4.79 Å². The molecule has 0 saturated carbocycles. The first-order valence-corrected chi connectivity index (χ1v) is 7.78. The van der Waals surface area contributed by atoms with Gasteiger partial charge in [0.2, 0.25) is 5.91 Å². The van der Waals surface area contributed by atoms with Gasteiger partial charge in [-0.3, -0.25) is 4.79 Å². The second-order valence-electron chi connectivity index (χ2n) is 5.48. The highest BCUT2D eigenvalue weighted by Crippen LogP contribution is 2.20. The summed E-state index contributed by atoms with van der Waals surface area (Å²) < 4.78 is 5.79. The minimum Gasteiger partial charge on any atom is -0.371 e. The fourth-order valence-corrected chi connectivity index (χ4v) is 2.85. The number of ether oxygens (including phenoxy) is 1. The van der Waals surface area contributed by atoms with Crippen molar-refractivity contribution in [3.8, 4) is 0 Å². The molecular formula is C18H18ClNO2. The molecule has 0 aromatic heterocycles. The summed E-state index contributed by atoms with van der Waals surface area (Å²) in [6.07, 6.45) is 1.16. The van der Waals surface area contributed by atoms with Crippen LogP contribution < -0.4 is 5.32 Å². The van der Waals surface area contributed by atoms with Crippen LogP contribution in [0.1, 0.15) is 16.7 Å². The first-order valence-electron chi connectivity index (χ1n) is 7.41. The number of amides is 1. The summed E-state index contributed by atoms with van der Waals surface area (Å²) in [4.78, 5) is 12.0. The molecule has 4 heteroatoms. The normalized spacial score (nSPS) is 16.9. The fourth-order valence-electron chi connectivity index (χ4n) is 2.65. The summed E-state index contributed by atoms with van der Waals surface area (Å²) in [6.45, 7) is 1.14. The number of carbonyl (C=O) groups excluding carboxylic acids is 1. The molecule has 1 heterocycles.